The van der Waals surface area contributed by atoms with Crippen molar-refractivity contribution >= 4 is 17.9 Å². The Kier molecular flexibility index (Phi) is 55.4. The van der Waals surface area contributed by atoms with Gasteiger partial charge in [-0.2, -0.15) is 0 Å². The van der Waals surface area contributed by atoms with Crippen LogP contribution >= 0.6 is 0 Å². The lowest BCUT2D eigenvalue weighted by Gasteiger charge is -2.18. The van der Waals surface area contributed by atoms with Crippen LogP contribution in [0.2, 0.25) is 0 Å². The van der Waals surface area contributed by atoms with Crippen LogP contribution in [0.15, 0.2) is 109 Å². The maximum Gasteiger partial charge on any atom is 0.306 e. The van der Waals surface area contributed by atoms with Crippen LogP contribution in [-0.2, 0) is 28.6 Å². The smallest absolute Gasteiger partial charge is 0.306 e. The van der Waals surface area contributed by atoms with Gasteiger partial charge in [0.1, 0.15) is 13.2 Å². The number of hydrogen-bond acceptors (Lipinski definition) is 6. The van der Waals surface area contributed by atoms with E-state index in [4.69, 9.17) is 14.2 Å². The van der Waals surface area contributed by atoms with Crippen LogP contribution < -0.4 is 0 Å². The Bertz CT molecular complexity index is 1460. The molecular weight excluding hydrogens is 877 g/mol. The normalized spacial score (nSPS) is 12.9. The number of carbonyl (C=O) groups is 3. The largest absolute Gasteiger partial charge is 0.462 e. The fourth-order valence-electron chi connectivity index (χ4n) is 7.84. The van der Waals surface area contributed by atoms with Crippen molar-refractivity contribution in [1.82, 2.24) is 0 Å². The molecular formula is C65H108O6. The number of hydrogen-bond donors (Lipinski definition) is 0. The molecule has 0 aromatic rings. The minimum atomic E-state index is -0.817. The van der Waals surface area contributed by atoms with Crippen LogP contribution in [0.1, 0.15) is 265 Å². The first-order chi connectivity index (χ1) is 35.0. The molecule has 0 spiro atoms. The van der Waals surface area contributed by atoms with Gasteiger partial charge in [-0.05, 0) is 116 Å². The van der Waals surface area contributed by atoms with E-state index in [1.807, 2.05) is 0 Å². The molecule has 0 saturated carbocycles. The van der Waals surface area contributed by atoms with E-state index in [1.165, 1.54) is 103 Å². The zero-order chi connectivity index (χ0) is 51.4. The first-order valence-electron chi connectivity index (χ1n) is 29.4. The molecule has 0 aliphatic rings. The van der Waals surface area contributed by atoms with E-state index in [0.717, 1.165) is 116 Å². The fraction of sp³-hybridized carbons (Fsp3) is 0.677. The zero-order valence-corrected chi connectivity index (χ0v) is 46.2. The van der Waals surface area contributed by atoms with Crippen molar-refractivity contribution in [2.45, 2.75) is 271 Å². The van der Waals surface area contributed by atoms with Crippen LogP contribution in [0.4, 0.5) is 0 Å². The quantitative estimate of drug-likeness (QED) is 0.0261. The molecule has 0 fully saturated rings. The van der Waals surface area contributed by atoms with E-state index < -0.39 is 6.10 Å². The molecule has 1 unspecified atom stereocenters. The van der Waals surface area contributed by atoms with Crippen molar-refractivity contribution in [2.75, 3.05) is 13.2 Å². The molecule has 0 amide bonds. The number of unbranched alkanes of at least 4 members (excludes halogenated alkanes) is 23. The summed E-state index contributed by atoms with van der Waals surface area (Å²) in [6.45, 7) is 6.39. The summed E-state index contributed by atoms with van der Waals surface area (Å²) in [6.07, 6.45) is 79.5. The summed E-state index contributed by atoms with van der Waals surface area (Å²) in [5.41, 5.74) is 0. The maximum absolute atomic E-state index is 12.8. The second-order valence-electron chi connectivity index (χ2n) is 19.2. The Morgan fingerprint density at radius 2 is 0.592 bits per heavy atom. The Morgan fingerprint density at radius 1 is 0.296 bits per heavy atom. The lowest BCUT2D eigenvalue weighted by atomic mass is 10.0. The number of carbonyl (C=O) groups excluding carboxylic acids is 3. The van der Waals surface area contributed by atoms with Gasteiger partial charge in [0.25, 0.3) is 0 Å². The molecule has 0 aromatic carbocycles. The van der Waals surface area contributed by atoms with E-state index in [-0.39, 0.29) is 37.5 Å². The van der Waals surface area contributed by atoms with Gasteiger partial charge in [-0.3, -0.25) is 14.4 Å². The SMILES string of the molecule is CC/C=C\C/C=C\C/C=C\C/C=C\C/C=C\CCCC(=O)OC(COC(=O)CCCCCCC/C=C\C/C=C\CCC)COC(=O)CCCCCCCCCCCCC/C=C\C/C=C\CCCCCCC. The predicted molar refractivity (Wildman–Crippen MR) is 307 cm³/mol. The highest BCUT2D eigenvalue weighted by atomic mass is 16.6. The van der Waals surface area contributed by atoms with Crippen molar-refractivity contribution in [3.05, 3.63) is 109 Å². The number of ether oxygens (including phenoxy) is 3. The lowest BCUT2D eigenvalue weighted by Crippen LogP contribution is -2.30. The average Bonchev–Trinajstić information content (AvgIpc) is 3.37. The molecule has 0 aromatic heterocycles. The molecule has 0 radical (unpaired) electrons. The number of allylic oxidation sites excluding steroid dienone is 18. The standard InChI is InChI=1S/C65H108O6/c1-4-7-10-13-16-19-22-25-27-29-30-31-32-33-34-36-37-40-43-46-49-52-55-58-64(67)70-61-62(60-69-63(66)57-54-51-48-45-42-39-24-21-18-15-12-9-6-3)71-65(68)59-56-53-50-47-44-41-38-35-28-26-23-20-17-14-11-8-5-2/h8,11-12,15,17,20-22,24-26,28-30,38,41,47,50,62H,4-7,9-10,13-14,16,18-19,23,27,31-37,39-40,42-46,48-49,51-61H2,1-3H3/b11-8-,15-12-,20-17-,24-21-,25-22-,28-26-,30-29-,41-38-,50-47-. The van der Waals surface area contributed by atoms with Gasteiger partial charge in [-0.25, -0.2) is 0 Å². The molecule has 404 valence electrons. The van der Waals surface area contributed by atoms with Crippen LogP contribution in [0.25, 0.3) is 0 Å². The Balaban J connectivity index is 4.42. The van der Waals surface area contributed by atoms with Gasteiger partial charge in [0.15, 0.2) is 6.10 Å². The highest BCUT2D eigenvalue weighted by molar-refractivity contribution is 5.71. The van der Waals surface area contributed by atoms with Gasteiger partial charge < -0.3 is 14.2 Å². The van der Waals surface area contributed by atoms with Gasteiger partial charge in [-0.15, -0.1) is 0 Å². The van der Waals surface area contributed by atoms with E-state index in [2.05, 4.69) is 130 Å². The molecule has 6 nitrogen and oxygen atoms in total. The highest BCUT2D eigenvalue weighted by Gasteiger charge is 2.19. The third-order valence-corrected chi connectivity index (χ3v) is 12.2. The van der Waals surface area contributed by atoms with E-state index in [1.54, 1.807) is 0 Å². The third-order valence-electron chi connectivity index (χ3n) is 12.2. The molecule has 0 N–H and O–H groups in total. The van der Waals surface area contributed by atoms with E-state index >= 15 is 0 Å². The summed E-state index contributed by atoms with van der Waals surface area (Å²) in [7, 11) is 0. The summed E-state index contributed by atoms with van der Waals surface area (Å²) in [6, 6.07) is 0. The van der Waals surface area contributed by atoms with Crippen LogP contribution in [0.5, 0.6) is 0 Å². The van der Waals surface area contributed by atoms with Crippen molar-refractivity contribution in [2.24, 2.45) is 0 Å². The summed E-state index contributed by atoms with van der Waals surface area (Å²) in [5.74, 6) is -0.982. The van der Waals surface area contributed by atoms with Gasteiger partial charge in [0, 0.05) is 19.3 Å². The Hall–Kier alpha value is -3.93. The molecule has 0 heterocycles. The number of esters is 3. The summed E-state index contributed by atoms with van der Waals surface area (Å²) >= 11 is 0. The topological polar surface area (TPSA) is 78.9 Å². The van der Waals surface area contributed by atoms with Gasteiger partial charge >= 0.3 is 17.9 Å². The first-order valence-corrected chi connectivity index (χ1v) is 29.4. The molecule has 6 heteroatoms. The molecule has 71 heavy (non-hydrogen) atoms. The highest BCUT2D eigenvalue weighted by Crippen LogP contribution is 2.15. The van der Waals surface area contributed by atoms with Crippen LogP contribution in [0.3, 0.4) is 0 Å². The zero-order valence-electron chi connectivity index (χ0n) is 46.2. The third kappa shape index (κ3) is 56.9. The lowest BCUT2D eigenvalue weighted by molar-refractivity contribution is -0.167. The number of rotatable bonds is 52. The molecule has 0 saturated heterocycles. The second-order valence-corrected chi connectivity index (χ2v) is 19.2. The Morgan fingerprint density at radius 3 is 0.958 bits per heavy atom. The van der Waals surface area contributed by atoms with Crippen molar-refractivity contribution in [3.8, 4) is 0 Å². The maximum atomic E-state index is 12.8. The first kappa shape index (κ1) is 67.1. The second kappa shape index (κ2) is 58.6. The van der Waals surface area contributed by atoms with Gasteiger partial charge in [0.05, 0.1) is 0 Å². The van der Waals surface area contributed by atoms with E-state index in [9.17, 15) is 14.4 Å². The monoisotopic (exact) mass is 985 g/mol. The summed E-state index contributed by atoms with van der Waals surface area (Å²) in [5, 5.41) is 0. The van der Waals surface area contributed by atoms with E-state index in [0.29, 0.717) is 19.3 Å². The van der Waals surface area contributed by atoms with Crippen molar-refractivity contribution in [1.29, 1.82) is 0 Å². The molecule has 0 aliphatic heterocycles. The van der Waals surface area contributed by atoms with Gasteiger partial charge in [0.2, 0.25) is 0 Å². The van der Waals surface area contributed by atoms with Crippen molar-refractivity contribution in [3.63, 3.8) is 0 Å². The molecule has 0 bridgehead atoms. The predicted octanol–water partition coefficient (Wildman–Crippen LogP) is 19.9. The summed E-state index contributed by atoms with van der Waals surface area (Å²) in [4.78, 5) is 38.1. The van der Waals surface area contributed by atoms with Crippen LogP contribution in [0, 0.1) is 0 Å². The minimum absolute atomic E-state index is 0.107. The molecule has 0 aliphatic carbocycles. The summed E-state index contributed by atoms with van der Waals surface area (Å²) < 4.78 is 16.8. The minimum Gasteiger partial charge on any atom is -0.462 e. The van der Waals surface area contributed by atoms with Crippen LogP contribution in [-0.4, -0.2) is 37.2 Å². The molecule has 1 atom stereocenters. The fourth-order valence-corrected chi connectivity index (χ4v) is 7.84. The van der Waals surface area contributed by atoms with Gasteiger partial charge in [-0.1, -0.05) is 239 Å². The Labute approximate surface area is 438 Å². The van der Waals surface area contributed by atoms with Crippen molar-refractivity contribution < 1.29 is 28.6 Å². The molecule has 0 rings (SSSR count). The average molecular weight is 986 g/mol.